The highest BCUT2D eigenvalue weighted by Crippen LogP contribution is 2.42. The summed E-state index contributed by atoms with van der Waals surface area (Å²) in [6, 6.07) is 14.5. The van der Waals surface area contributed by atoms with Crippen molar-refractivity contribution in [1.82, 2.24) is 15.2 Å². The summed E-state index contributed by atoms with van der Waals surface area (Å²) in [7, 11) is 0. The fourth-order valence-corrected chi connectivity index (χ4v) is 6.17. The van der Waals surface area contributed by atoms with E-state index in [2.05, 4.69) is 10.3 Å². The first kappa shape index (κ1) is 20.8. The number of H-pyrrole nitrogens is 1. The number of imide groups is 1. The summed E-state index contributed by atoms with van der Waals surface area (Å²) >= 11 is 1.58. The van der Waals surface area contributed by atoms with Gasteiger partial charge in [-0.15, -0.1) is 11.3 Å². The molecular formula is C26H20FN3O3S. The van der Waals surface area contributed by atoms with Crippen LogP contribution in [0.4, 0.5) is 9.18 Å². The molecule has 0 saturated carbocycles. The number of aromatic nitrogens is 1. The molecule has 2 aromatic carbocycles. The van der Waals surface area contributed by atoms with E-state index in [1.807, 2.05) is 35.7 Å². The fourth-order valence-electron chi connectivity index (χ4n) is 5.17. The number of urea groups is 1. The molecule has 1 saturated heterocycles. The van der Waals surface area contributed by atoms with E-state index in [0.29, 0.717) is 28.6 Å². The zero-order chi connectivity index (χ0) is 23.4. The summed E-state index contributed by atoms with van der Waals surface area (Å²) in [5.41, 5.74) is 2.05. The SMILES string of the molecule is O=C(CN1C(=O)NC2(CCCc3sccc32)C1=O)c1c(-c2ccc(F)cc2)[nH]c2ccccc12. The van der Waals surface area contributed by atoms with Gasteiger partial charge in [0, 0.05) is 21.3 Å². The minimum atomic E-state index is -1.09. The van der Waals surface area contributed by atoms with Crippen molar-refractivity contribution in [2.24, 2.45) is 0 Å². The second kappa shape index (κ2) is 7.63. The van der Waals surface area contributed by atoms with Gasteiger partial charge in [0.1, 0.15) is 11.4 Å². The lowest BCUT2D eigenvalue weighted by molar-refractivity contribution is -0.131. The predicted molar refractivity (Wildman–Crippen MR) is 127 cm³/mol. The highest BCUT2D eigenvalue weighted by molar-refractivity contribution is 7.10. The van der Waals surface area contributed by atoms with Gasteiger partial charge in [-0.1, -0.05) is 18.2 Å². The quantitative estimate of drug-likeness (QED) is 0.323. The van der Waals surface area contributed by atoms with Crippen molar-refractivity contribution in [3.05, 3.63) is 81.8 Å². The normalized spacial score (nSPS) is 19.6. The molecule has 1 unspecified atom stereocenters. The number of aryl methyl sites for hydroxylation is 1. The molecule has 1 atom stereocenters. The van der Waals surface area contributed by atoms with E-state index in [4.69, 9.17) is 0 Å². The number of thiophene rings is 1. The van der Waals surface area contributed by atoms with Crippen molar-refractivity contribution < 1.29 is 18.8 Å². The molecule has 2 aliphatic rings. The van der Waals surface area contributed by atoms with Crippen molar-refractivity contribution in [2.45, 2.75) is 24.8 Å². The van der Waals surface area contributed by atoms with Gasteiger partial charge in [0.05, 0.1) is 17.8 Å². The van der Waals surface area contributed by atoms with Crippen molar-refractivity contribution in [3.63, 3.8) is 0 Å². The first-order valence-corrected chi connectivity index (χ1v) is 12.0. The molecule has 6 rings (SSSR count). The van der Waals surface area contributed by atoms with Crippen molar-refractivity contribution in [3.8, 4) is 11.3 Å². The molecule has 170 valence electrons. The number of ketones is 1. The maximum Gasteiger partial charge on any atom is 0.325 e. The average Bonchev–Trinajstić information content (AvgIpc) is 3.52. The Morgan fingerprint density at radius 3 is 2.71 bits per heavy atom. The van der Waals surface area contributed by atoms with Crippen LogP contribution in [-0.4, -0.2) is 34.2 Å². The molecule has 3 amide bonds. The Hall–Kier alpha value is -3.78. The molecule has 34 heavy (non-hydrogen) atoms. The molecule has 1 aliphatic carbocycles. The van der Waals surface area contributed by atoms with Gasteiger partial charge in [0.2, 0.25) is 0 Å². The van der Waals surface area contributed by atoms with Gasteiger partial charge >= 0.3 is 6.03 Å². The van der Waals surface area contributed by atoms with Crippen LogP contribution < -0.4 is 5.32 Å². The minimum absolute atomic E-state index is 0.362. The summed E-state index contributed by atoms with van der Waals surface area (Å²) in [6.45, 7) is -0.373. The van der Waals surface area contributed by atoms with Gasteiger partial charge in [0.15, 0.2) is 5.78 Å². The number of nitrogens with one attached hydrogen (secondary N) is 2. The molecule has 8 heteroatoms. The molecule has 1 aliphatic heterocycles. The molecule has 2 aromatic heterocycles. The van der Waals surface area contributed by atoms with Crippen LogP contribution in [-0.2, 0) is 16.8 Å². The summed E-state index contributed by atoms with van der Waals surface area (Å²) < 4.78 is 13.5. The van der Waals surface area contributed by atoms with E-state index in [-0.39, 0.29) is 24.1 Å². The van der Waals surface area contributed by atoms with Gasteiger partial charge in [-0.3, -0.25) is 14.5 Å². The number of amides is 3. The van der Waals surface area contributed by atoms with Gasteiger partial charge in [-0.05, 0) is 66.6 Å². The Bertz CT molecular complexity index is 1470. The van der Waals surface area contributed by atoms with Crippen LogP contribution in [0.15, 0.2) is 60.0 Å². The molecule has 0 bridgehead atoms. The molecule has 1 fully saturated rings. The van der Waals surface area contributed by atoms with Gasteiger partial charge in [-0.25, -0.2) is 9.18 Å². The van der Waals surface area contributed by atoms with Crippen LogP contribution in [0.5, 0.6) is 0 Å². The van der Waals surface area contributed by atoms with Crippen LogP contribution in [0.1, 0.15) is 33.6 Å². The number of hydrogen-bond acceptors (Lipinski definition) is 4. The van der Waals surface area contributed by atoms with E-state index in [9.17, 15) is 18.8 Å². The number of halogens is 1. The van der Waals surface area contributed by atoms with Crippen molar-refractivity contribution in [1.29, 1.82) is 0 Å². The number of fused-ring (bicyclic) bond motifs is 3. The summed E-state index contributed by atoms with van der Waals surface area (Å²) in [5.74, 6) is -1.12. The highest BCUT2D eigenvalue weighted by Gasteiger charge is 2.54. The Labute approximate surface area is 198 Å². The number of carbonyl (C=O) groups excluding carboxylic acids is 3. The minimum Gasteiger partial charge on any atom is -0.354 e. The predicted octanol–water partition coefficient (Wildman–Crippen LogP) is 5.00. The lowest BCUT2D eigenvalue weighted by Crippen LogP contribution is -2.46. The number of rotatable bonds is 4. The van der Waals surface area contributed by atoms with E-state index in [1.165, 1.54) is 12.1 Å². The Morgan fingerprint density at radius 1 is 1.09 bits per heavy atom. The van der Waals surface area contributed by atoms with E-state index >= 15 is 0 Å². The zero-order valence-electron chi connectivity index (χ0n) is 18.1. The number of carbonyl (C=O) groups is 3. The molecular weight excluding hydrogens is 453 g/mol. The zero-order valence-corrected chi connectivity index (χ0v) is 18.9. The Balaban J connectivity index is 1.38. The summed E-state index contributed by atoms with van der Waals surface area (Å²) in [4.78, 5) is 45.5. The van der Waals surface area contributed by atoms with Gasteiger partial charge < -0.3 is 10.3 Å². The molecule has 2 N–H and O–H groups in total. The highest BCUT2D eigenvalue weighted by atomic mass is 32.1. The third kappa shape index (κ3) is 3.02. The molecule has 1 spiro atoms. The number of aromatic amines is 1. The standard InChI is InChI=1S/C26H20FN3O3S/c27-16-9-7-15(8-10-16)23-22(17-4-1-2-5-19(17)28-23)20(31)14-30-24(32)26(29-25(30)33)12-3-6-21-18(26)11-13-34-21/h1-2,4-5,7-11,13,28H,3,6,12,14H2,(H,29,33). The molecule has 0 radical (unpaired) electrons. The van der Waals surface area contributed by atoms with E-state index < -0.39 is 11.6 Å². The first-order valence-electron chi connectivity index (χ1n) is 11.1. The monoisotopic (exact) mass is 473 g/mol. The first-order chi connectivity index (χ1) is 16.5. The third-order valence-corrected chi connectivity index (χ3v) is 7.74. The topological polar surface area (TPSA) is 82.3 Å². The van der Waals surface area contributed by atoms with Gasteiger partial charge in [-0.2, -0.15) is 0 Å². The van der Waals surface area contributed by atoms with Crippen LogP contribution in [0.25, 0.3) is 22.2 Å². The number of benzene rings is 2. The van der Waals surface area contributed by atoms with Gasteiger partial charge in [0.25, 0.3) is 5.91 Å². The van der Waals surface area contributed by atoms with Crippen LogP contribution in [0, 0.1) is 5.82 Å². The fraction of sp³-hybridized carbons (Fsp3) is 0.192. The van der Waals surface area contributed by atoms with Crippen LogP contribution in [0.2, 0.25) is 0 Å². The molecule has 4 aromatic rings. The molecule has 3 heterocycles. The second-order valence-corrected chi connectivity index (χ2v) is 9.69. The van der Waals surface area contributed by atoms with Crippen LogP contribution in [0.3, 0.4) is 0 Å². The number of para-hydroxylation sites is 1. The third-order valence-electron chi connectivity index (χ3n) is 6.76. The lowest BCUT2D eigenvalue weighted by atomic mass is 9.80. The maximum atomic E-state index is 13.6. The van der Waals surface area contributed by atoms with Crippen molar-refractivity contribution >= 4 is 40.0 Å². The Morgan fingerprint density at radius 2 is 1.88 bits per heavy atom. The van der Waals surface area contributed by atoms with Crippen molar-refractivity contribution in [2.75, 3.05) is 6.54 Å². The Kier molecular flexibility index (Phi) is 4.67. The number of hydrogen-bond donors (Lipinski definition) is 2. The largest absolute Gasteiger partial charge is 0.354 e. The second-order valence-electron chi connectivity index (χ2n) is 8.69. The average molecular weight is 474 g/mol. The molecule has 6 nitrogen and oxygen atoms in total. The number of nitrogens with zero attached hydrogens (tertiary/aromatic N) is 1. The maximum absolute atomic E-state index is 13.6. The van der Waals surface area contributed by atoms with Crippen LogP contribution >= 0.6 is 11.3 Å². The van der Waals surface area contributed by atoms with E-state index in [0.717, 1.165) is 33.7 Å². The smallest absolute Gasteiger partial charge is 0.325 e. The summed E-state index contributed by atoms with van der Waals surface area (Å²) in [5, 5.41) is 5.52. The lowest BCUT2D eigenvalue weighted by Gasteiger charge is -2.31. The number of Topliss-reactive ketones (excluding diaryl/α,β-unsaturated/α-hetero) is 1. The van der Waals surface area contributed by atoms with E-state index in [1.54, 1.807) is 23.5 Å². The summed E-state index contributed by atoms with van der Waals surface area (Å²) in [6.07, 6.45) is 2.19.